The number of aliphatic hydroxyl groups excluding tert-OH is 1. The Morgan fingerprint density at radius 1 is 1.40 bits per heavy atom. The molecule has 0 fully saturated rings. The van der Waals surface area contributed by atoms with Crippen molar-refractivity contribution in [2.24, 2.45) is 0 Å². The van der Waals surface area contributed by atoms with Crippen LogP contribution in [0.1, 0.15) is 25.3 Å². The second-order valence-electron chi connectivity index (χ2n) is 4.22. The zero-order chi connectivity index (χ0) is 14.3. The molecule has 1 N–H and O–H groups in total. The quantitative estimate of drug-likeness (QED) is 0.628. The second kappa shape index (κ2) is 9.64. The number of carbonyl (C=O) groups excluding carboxylic acids is 2. The summed E-state index contributed by atoms with van der Waals surface area (Å²) in [5.41, 5.74) is 0.796. The van der Waals surface area contributed by atoms with Gasteiger partial charge < -0.3 is 9.84 Å². The van der Waals surface area contributed by atoms with Crippen LogP contribution in [0, 0.1) is 0 Å². The summed E-state index contributed by atoms with van der Waals surface area (Å²) in [5, 5.41) is 9.61. The summed E-state index contributed by atoms with van der Waals surface area (Å²) in [4.78, 5) is 23.8. The number of hydrogen-bond donors (Lipinski definition) is 1. The Bertz CT molecular complexity index is 422. The summed E-state index contributed by atoms with van der Waals surface area (Å²) in [6.07, 6.45) is 0.368. The topological polar surface area (TPSA) is 66.8 Å². The number of hydrogen-bond acceptors (Lipinski definition) is 4. The molecule has 1 rings (SSSR count). The number of imide groups is 1. The third kappa shape index (κ3) is 5.41. The van der Waals surface area contributed by atoms with Gasteiger partial charge in [-0.1, -0.05) is 25.5 Å². The normalized spacial score (nSPS) is 11.2. The van der Waals surface area contributed by atoms with Gasteiger partial charge in [0.05, 0.1) is 13.7 Å². The molecule has 0 aliphatic rings. The van der Waals surface area contributed by atoms with Crippen molar-refractivity contribution < 1.29 is 39.5 Å². The number of amides is 2. The van der Waals surface area contributed by atoms with Gasteiger partial charge in [0.1, 0.15) is 11.9 Å². The fourth-order valence-electron chi connectivity index (χ4n) is 1.68. The van der Waals surface area contributed by atoms with Crippen LogP contribution in [0.15, 0.2) is 24.3 Å². The Morgan fingerprint density at radius 3 is 2.45 bits per heavy atom. The van der Waals surface area contributed by atoms with Crippen LogP contribution in [-0.4, -0.2) is 35.5 Å². The zero-order valence-electron chi connectivity index (χ0n) is 11.5. The van der Waals surface area contributed by atoms with Gasteiger partial charge in [0.2, 0.25) is 6.41 Å². The van der Waals surface area contributed by atoms with Crippen molar-refractivity contribution in [1.82, 2.24) is 4.90 Å². The number of nitrogens with zero attached hydrogens (tertiary/aromatic N) is 1. The minimum absolute atomic E-state index is 0. The molecule has 1 aromatic rings. The first-order chi connectivity index (χ1) is 9.12. The Morgan fingerprint density at radius 2 is 2.00 bits per heavy atom. The minimum atomic E-state index is -1.12. The van der Waals surface area contributed by atoms with Crippen molar-refractivity contribution in [3.63, 3.8) is 0 Å². The van der Waals surface area contributed by atoms with E-state index in [4.69, 9.17) is 4.74 Å². The molecule has 0 aromatic heterocycles. The van der Waals surface area contributed by atoms with Gasteiger partial charge in [-0.2, -0.15) is 0 Å². The van der Waals surface area contributed by atoms with E-state index in [9.17, 15) is 14.7 Å². The van der Waals surface area contributed by atoms with Crippen molar-refractivity contribution in [1.29, 1.82) is 0 Å². The van der Waals surface area contributed by atoms with E-state index in [0.717, 1.165) is 10.5 Å². The molecule has 6 heteroatoms. The van der Waals surface area contributed by atoms with Gasteiger partial charge in [-0.3, -0.25) is 14.5 Å². The van der Waals surface area contributed by atoms with Crippen LogP contribution < -0.4 is 4.74 Å². The molecule has 0 heterocycles. The molecule has 0 aliphatic heterocycles. The molecule has 0 bridgehead atoms. The molecule has 0 spiro atoms. The smallest absolute Gasteiger partial charge is 0.258 e. The van der Waals surface area contributed by atoms with Crippen LogP contribution in [0.25, 0.3) is 0 Å². The summed E-state index contributed by atoms with van der Waals surface area (Å²) < 4.78 is 5.03. The van der Waals surface area contributed by atoms with Gasteiger partial charge in [-0.25, -0.2) is 0 Å². The van der Waals surface area contributed by atoms with E-state index in [1.54, 1.807) is 31.4 Å². The molecule has 20 heavy (non-hydrogen) atoms. The number of aliphatic hydroxyl groups is 1. The van der Waals surface area contributed by atoms with Crippen LogP contribution in [-0.2, 0) is 36.2 Å². The van der Waals surface area contributed by atoms with Crippen LogP contribution in [0.3, 0.4) is 0 Å². The Kier molecular flexibility index (Phi) is 9.05. The van der Waals surface area contributed by atoms with Crippen molar-refractivity contribution >= 4 is 12.3 Å². The van der Waals surface area contributed by atoms with Gasteiger partial charge in [0, 0.05) is 20.1 Å². The fraction of sp³-hybridized carbons (Fsp3) is 0.429. The third-order valence-electron chi connectivity index (χ3n) is 2.77. The van der Waals surface area contributed by atoms with Crippen molar-refractivity contribution in [3.05, 3.63) is 29.8 Å². The van der Waals surface area contributed by atoms with E-state index in [1.165, 1.54) is 0 Å². The predicted octanol–water partition coefficient (Wildman–Crippen LogP) is 1.34. The number of carbonyl (C=O) groups is 2. The number of rotatable bonds is 7. The van der Waals surface area contributed by atoms with Crippen LogP contribution in [0.2, 0.25) is 0 Å². The second-order valence-corrected chi connectivity index (χ2v) is 4.22. The number of methoxy groups -OCH3 is 1. The minimum Gasteiger partial charge on any atom is -0.497 e. The first-order valence-electron chi connectivity index (χ1n) is 6.19. The van der Waals surface area contributed by atoms with Crippen LogP contribution >= 0.6 is 0 Å². The largest absolute Gasteiger partial charge is 0.497 e. The van der Waals surface area contributed by atoms with Crippen molar-refractivity contribution in [3.8, 4) is 5.75 Å². The molecule has 2 amide bonds. The maximum absolute atomic E-state index is 11.8. The summed E-state index contributed by atoms with van der Waals surface area (Å²) in [6.45, 7) is 2.01. The predicted molar refractivity (Wildman–Crippen MR) is 70.5 cm³/mol. The van der Waals surface area contributed by atoms with Crippen LogP contribution in [0.4, 0.5) is 0 Å². The molecule has 1 unspecified atom stereocenters. The molecule has 1 radical (unpaired) electrons. The maximum atomic E-state index is 11.8. The van der Waals surface area contributed by atoms with Gasteiger partial charge in [-0.15, -0.1) is 0 Å². The molecule has 0 saturated carbocycles. The summed E-state index contributed by atoms with van der Waals surface area (Å²) in [6, 6.07) is 7.06. The van der Waals surface area contributed by atoms with E-state index in [0.29, 0.717) is 25.0 Å². The molecular weight excluding hydrogens is 438 g/mol. The summed E-state index contributed by atoms with van der Waals surface area (Å²) in [5.74, 6) is 0.145. The zero-order valence-corrected chi connectivity index (χ0v) is 13.9. The molecule has 0 saturated heterocycles. The average molecular weight is 458 g/mol. The molecular formula is C14H19IrNO4. The SMILES string of the molecule is CCCC(O)C(=O)N(C=O)Cc1ccc(OC)cc1.[Ir]. The Labute approximate surface area is 132 Å². The van der Waals surface area contributed by atoms with E-state index >= 15 is 0 Å². The summed E-state index contributed by atoms with van der Waals surface area (Å²) >= 11 is 0. The first kappa shape index (κ1) is 18.8. The first-order valence-corrected chi connectivity index (χ1v) is 6.19. The van der Waals surface area contributed by atoms with Crippen molar-refractivity contribution in [2.75, 3.05) is 7.11 Å². The van der Waals surface area contributed by atoms with E-state index in [-0.39, 0.29) is 26.7 Å². The fourth-order valence-corrected chi connectivity index (χ4v) is 1.68. The third-order valence-corrected chi connectivity index (χ3v) is 2.77. The van der Waals surface area contributed by atoms with E-state index in [2.05, 4.69) is 0 Å². The van der Waals surface area contributed by atoms with Crippen LogP contribution in [0.5, 0.6) is 5.75 Å². The van der Waals surface area contributed by atoms with E-state index in [1.807, 2.05) is 6.92 Å². The molecule has 1 aromatic carbocycles. The van der Waals surface area contributed by atoms with E-state index < -0.39 is 12.0 Å². The standard InChI is InChI=1S/C14H19NO4.Ir/c1-3-4-13(17)14(18)15(10-16)9-11-5-7-12(19-2)8-6-11;/h5-8,10,13,17H,3-4,9H2,1-2H3;. The Balaban J connectivity index is 0.00000361. The van der Waals surface area contributed by atoms with Gasteiger partial charge >= 0.3 is 0 Å². The summed E-state index contributed by atoms with van der Waals surface area (Å²) in [7, 11) is 1.57. The molecule has 5 nitrogen and oxygen atoms in total. The monoisotopic (exact) mass is 458 g/mol. The van der Waals surface area contributed by atoms with Gasteiger partial charge in [0.25, 0.3) is 5.91 Å². The average Bonchev–Trinajstić information content (AvgIpc) is 2.45. The molecule has 1 atom stereocenters. The molecule has 113 valence electrons. The number of benzene rings is 1. The maximum Gasteiger partial charge on any atom is 0.258 e. The van der Waals surface area contributed by atoms with Crippen molar-refractivity contribution in [2.45, 2.75) is 32.4 Å². The Hall–Kier alpha value is -1.23. The number of ether oxygens (including phenoxy) is 1. The van der Waals surface area contributed by atoms with Gasteiger partial charge in [0.15, 0.2) is 0 Å². The molecule has 0 aliphatic carbocycles. The van der Waals surface area contributed by atoms with Gasteiger partial charge in [-0.05, 0) is 24.1 Å².